The van der Waals surface area contributed by atoms with Crippen LogP contribution in [0.1, 0.15) is 45.4 Å². The minimum atomic E-state index is -0.685. The van der Waals surface area contributed by atoms with Crippen molar-refractivity contribution >= 4 is 5.97 Å². The highest BCUT2D eigenvalue weighted by Crippen LogP contribution is 2.30. The number of hydrogen-bond donors (Lipinski definition) is 1. The van der Waals surface area contributed by atoms with Gasteiger partial charge in [-0.2, -0.15) is 0 Å². The van der Waals surface area contributed by atoms with Crippen LogP contribution in [0.25, 0.3) is 0 Å². The molecule has 0 rings (SSSR count). The van der Waals surface area contributed by atoms with Gasteiger partial charge in [-0.15, -0.1) is 13.2 Å². The van der Waals surface area contributed by atoms with E-state index in [1.807, 2.05) is 19.1 Å². The molecule has 0 aliphatic rings. The van der Waals surface area contributed by atoms with Crippen molar-refractivity contribution in [1.82, 2.24) is 0 Å². The second-order valence-corrected chi connectivity index (χ2v) is 4.23. The van der Waals surface area contributed by atoms with Gasteiger partial charge in [0.2, 0.25) is 0 Å². The van der Waals surface area contributed by atoms with E-state index in [9.17, 15) is 9.90 Å². The van der Waals surface area contributed by atoms with Crippen LogP contribution < -0.4 is 0 Å². The minimum Gasteiger partial charge on any atom is -0.481 e. The summed E-state index contributed by atoms with van der Waals surface area (Å²) in [7, 11) is 0. The van der Waals surface area contributed by atoms with E-state index in [1.165, 1.54) is 0 Å². The number of rotatable bonds is 9. The zero-order valence-electron chi connectivity index (χ0n) is 9.67. The summed E-state index contributed by atoms with van der Waals surface area (Å²) in [6.07, 6.45) is 8.73. The Morgan fingerprint density at radius 2 is 1.60 bits per heavy atom. The number of allylic oxidation sites excluding steroid dienone is 2. The Morgan fingerprint density at radius 3 is 1.87 bits per heavy atom. The van der Waals surface area contributed by atoms with Gasteiger partial charge in [-0.05, 0) is 45.4 Å². The molecular formula is C13H22O2. The molecule has 2 heteroatoms. The van der Waals surface area contributed by atoms with Gasteiger partial charge in [-0.1, -0.05) is 12.2 Å². The molecule has 0 saturated heterocycles. The van der Waals surface area contributed by atoms with Crippen LogP contribution in [0, 0.1) is 5.41 Å². The smallest absolute Gasteiger partial charge is 0.309 e. The summed E-state index contributed by atoms with van der Waals surface area (Å²) in [4.78, 5) is 11.2. The predicted molar refractivity (Wildman–Crippen MR) is 63.8 cm³/mol. The van der Waals surface area contributed by atoms with E-state index < -0.39 is 11.4 Å². The first-order chi connectivity index (χ1) is 7.06. The molecule has 0 saturated carbocycles. The first-order valence-electron chi connectivity index (χ1n) is 5.52. The van der Waals surface area contributed by atoms with Gasteiger partial charge < -0.3 is 5.11 Å². The van der Waals surface area contributed by atoms with Crippen molar-refractivity contribution in [3.05, 3.63) is 25.3 Å². The zero-order chi connectivity index (χ0) is 11.7. The van der Waals surface area contributed by atoms with Crippen LogP contribution >= 0.6 is 0 Å². The van der Waals surface area contributed by atoms with E-state index in [4.69, 9.17) is 0 Å². The number of carbonyl (C=O) groups is 1. The Labute approximate surface area is 92.7 Å². The Balaban J connectivity index is 4.12. The van der Waals surface area contributed by atoms with Crippen molar-refractivity contribution in [3.8, 4) is 0 Å². The third kappa shape index (κ3) is 5.40. The third-order valence-corrected chi connectivity index (χ3v) is 2.79. The Bertz CT molecular complexity index is 205. The molecule has 0 aliphatic heterocycles. The van der Waals surface area contributed by atoms with Crippen molar-refractivity contribution in [2.75, 3.05) is 0 Å². The van der Waals surface area contributed by atoms with Crippen LogP contribution in [0.3, 0.4) is 0 Å². The van der Waals surface area contributed by atoms with E-state index in [0.717, 1.165) is 38.5 Å². The summed E-state index contributed by atoms with van der Waals surface area (Å²) in [6.45, 7) is 9.11. The van der Waals surface area contributed by atoms with Gasteiger partial charge >= 0.3 is 5.97 Å². The van der Waals surface area contributed by atoms with E-state index >= 15 is 0 Å². The van der Waals surface area contributed by atoms with E-state index in [-0.39, 0.29) is 0 Å². The first kappa shape index (κ1) is 13.9. The fourth-order valence-electron chi connectivity index (χ4n) is 1.61. The molecule has 0 bridgehead atoms. The molecule has 0 aliphatic carbocycles. The molecule has 0 aromatic heterocycles. The van der Waals surface area contributed by atoms with Gasteiger partial charge in [-0.3, -0.25) is 4.79 Å². The van der Waals surface area contributed by atoms with Gasteiger partial charge in [-0.25, -0.2) is 0 Å². The molecular weight excluding hydrogens is 188 g/mol. The quantitative estimate of drug-likeness (QED) is 0.464. The molecule has 0 heterocycles. The number of carboxylic acids is 1. The Hall–Kier alpha value is -1.05. The van der Waals surface area contributed by atoms with Crippen LogP contribution in [0.4, 0.5) is 0 Å². The topological polar surface area (TPSA) is 37.3 Å². The van der Waals surface area contributed by atoms with Crippen molar-refractivity contribution in [2.24, 2.45) is 5.41 Å². The maximum Gasteiger partial charge on any atom is 0.309 e. The summed E-state index contributed by atoms with van der Waals surface area (Å²) in [5.41, 5.74) is -0.577. The van der Waals surface area contributed by atoms with Crippen molar-refractivity contribution in [2.45, 2.75) is 45.4 Å². The second kappa shape index (κ2) is 7.27. The lowest BCUT2D eigenvalue weighted by molar-refractivity contribution is -0.148. The van der Waals surface area contributed by atoms with Gasteiger partial charge in [0.15, 0.2) is 0 Å². The number of hydrogen-bond acceptors (Lipinski definition) is 1. The molecule has 0 atom stereocenters. The Morgan fingerprint density at radius 1 is 1.20 bits per heavy atom. The summed E-state index contributed by atoms with van der Waals surface area (Å²) in [6, 6.07) is 0. The van der Waals surface area contributed by atoms with Gasteiger partial charge in [0.25, 0.3) is 0 Å². The lowest BCUT2D eigenvalue weighted by Crippen LogP contribution is -2.27. The summed E-state index contributed by atoms with van der Waals surface area (Å²) >= 11 is 0. The normalized spacial score (nSPS) is 11.0. The standard InChI is InChI=1S/C13H22O2/c1-4-6-8-10-13(3,12(14)15)11-9-7-5-2/h4-5H,1-2,6-11H2,3H3,(H,14,15). The maximum absolute atomic E-state index is 11.2. The second-order valence-electron chi connectivity index (χ2n) is 4.23. The molecule has 2 nitrogen and oxygen atoms in total. The van der Waals surface area contributed by atoms with Crippen LogP contribution in [-0.2, 0) is 4.79 Å². The molecule has 0 spiro atoms. The number of aliphatic carboxylic acids is 1. The fraction of sp³-hybridized carbons (Fsp3) is 0.615. The minimum absolute atomic E-state index is 0.577. The number of carboxylic acid groups (broad SMARTS) is 1. The Kier molecular flexibility index (Phi) is 6.76. The molecule has 0 radical (unpaired) electrons. The van der Waals surface area contributed by atoms with Crippen LogP contribution in [0.2, 0.25) is 0 Å². The lowest BCUT2D eigenvalue weighted by Gasteiger charge is -2.24. The molecule has 0 aromatic rings. The van der Waals surface area contributed by atoms with Crippen molar-refractivity contribution in [3.63, 3.8) is 0 Å². The molecule has 1 N–H and O–H groups in total. The summed E-state index contributed by atoms with van der Waals surface area (Å²) in [5, 5.41) is 9.18. The van der Waals surface area contributed by atoms with Gasteiger partial charge in [0, 0.05) is 0 Å². The van der Waals surface area contributed by atoms with E-state index in [1.54, 1.807) is 0 Å². The largest absolute Gasteiger partial charge is 0.481 e. The van der Waals surface area contributed by atoms with Crippen LogP contribution in [0.5, 0.6) is 0 Å². The SMILES string of the molecule is C=CCCCC(C)(CCCC=C)C(=O)O. The molecule has 0 aromatic carbocycles. The van der Waals surface area contributed by atoms with Crippen LogP contribution in [-0.4, -0.2) is 11.1 Å². The maximum atomic E-state index is 11.2. The molecule has 0 amide bonds. The summed E-state index contributed by atoms with van der Waals surface area (Å²) < 4.78 is 0. The average Bonchev–Trinajstić information content (AvgIpc) is 2.18. The van der Waals surface area contributed by atoms with Gasteiger partial charge in [0.05, 0.1) is 5.41 Å². The monoisotopic (exact) mass is 210 g/mol. The first-order valence-corrected chi connectivity index (χ1v) is 5.52. The highest BCUT2D eigenvalue weighted by atomic mass is 16.4. The predicted octanol–water partition coefficient (Wildman–Crippen LogP) is 3.79. The molecule has 0 unspecified atom stereocenters. The average molecular weight is 210 g/mol. The highest BCUT2D eigenvalue weighted by molar-refractivity contribution is 5.74. The van der Waals surface area contributed by atoms with E-state index in [0.29, 0.717) is 0 Å². The van der Waals surface area contributed by atoms with Crippen molar-refractivity contribution in [1.29, 1.82) is 0 Å². The fourth-order valence-corrected chi connectivity index (χ4v) is 1.61. The molecule has 0 fully saturated rings. The highest BCUT2D eigenvalue weighted by Gasteiger charge is 2.31. The molecule has 86 valence electrons. The van der Waals surface area contributed by atoms with E-state index in [2.05, 4.69) is 13.2 Å². The third-order valence-electron chi connectivity index (χ3n) is 2.79. The zero-order valence-corrected chi connectivity index (χ0v) is 9.67. The summed E-state index contributed by atoms with van der Waals surface area (Å²) in [5.74, 6) is -0.685. The number of unbranched alkanes of at least 4 members (excludes halogenated alkanes) is 2. The van der Waals surface area contributed by atoms with Gasteiger partial charge in [0.1, 0.15) is 0 Å². The molecule has 15 heavy (non-hydrogen) atoms. The lowest BCUT2D eigenvalue weighted by atomic mass is 9.80. The van der Waals surface area contributed by atoms with Crippen molar-refractivity contribution < 1.29 is 9.90 Å². The van der Waals surface area contributed by atoms with Crippen LogP contribution in [0.15, 0.2) is 25.3 Å².